The van der Waals surface area contributed by atoms with Crippen molar-refractivity contribution in [1.82, 2.24) is 15.1 Å². The molecule has 7 heteroatoms. The summed E-state index contributed by atoms with van der Waals surface area (Å²) in [6.07, 6.45) is 6.93. The van der Waals surface area contributed by atoms with Crippen molar-refractivity contribution in [2.24, 2.45) is 5.73 Å². The number of aliphatic carboxylic acids is 1. The van der Waals surface area contributed by atoms with Gasteiger partial charge in [-0.25, -0.2) is 9.97 Å². The maximum Gasteiger partial charge on any atom is 0.197 e. The average Bonchev–Trinajstić information content (AvgIpc) is 2.46. The third-order valence-electron chi connectivity index (χ3n) is 2.57. The highest BCUT2D eigenvalue weighted by molar-refractivity contribution is 5.70. The molecule has 2 rings (SSSR count). The molecule has 1 atom stereocenters. The van der Waals surface area contributed by atoms with Crippen LogP contribution in [0, 0.1) is 0 Å². The van der Waals surface area contributed by atoms with Crippen LogP contribution in [0.5, 0.6) is 0 Å². The Hall–Kier alpha value is -2.41. The maximum atomic E-state index is 10.5. The largest absolute Gasteiger partial charge is 0.548 e. The van der Waals surface area contributed by atoms with Gasteiger partial charge in [-0.1, -0.05) is 4.68 Å². The summed E-state index contributed by atoms with van der Waals surface area (Å²) in [5.41, 5.74) is 6.15. The highest BCUT2D eigenvalue weighted by Gasteiger charge is 2.10. The molecule has 0 fully saturated rings. The van der Waals surface area contributed by atoms with E-state index in [1.165, 1.54) is 0 Å². The molecule has 98 valence electrons. The summed E-state index contributed by atoms with van der Waals surface area (Å²) < 4.78 is 1.61. The summed E-state index contributed by atoms with van der Waals surface area (Å²) in [5, 5.41) is 14.6. The molecular formula is C12H13N5O2. The fourth-order valence-corrected chi connectivity index (χ4v) is 1.49. The number of aromatic nitrogens is 4. The number of hydrogen-bond acceptors (Lipinski definition) is 6. The molecule has 19 heavy (non-hydrogen) atoms. The first kappa shape index (κ1) is 13.0. The number of carbonyl (C=O) groups is 1. The van der Waals surface area contributed by atoms with E-state index in [4.69, 9.17) is 5.73 Å². The Labute approximate surface area is 109 Å². The Morgan fingerprint density at radius 1 is 1.42 bits per heavy atom. The standard InChI is InChI=1S/C12H13N5O2/c13-10(12(18)19)3-7-17-6-2-9(8-16-17)11-14-4-1-5-15-11/h1-2,4-6,8,10H,3,7,13H2/t10-/m0/s1. The van der Waals surface area contributed by atoms with Crippen LogP contribution in [0.25, 0.3) is 11.4 Å². The van der Waals surface area contributed by atoms with Gasteiger partial charge in [-0.3, -0.25) is 0 Å². The van der Waals surface area contributed by atoms with E-state index in [9.17, 15) is 9.90 Å². The number of nitrogens with two attached hydrogens (primary N) is 1. The number of rotatable bonds is 5. The second kappa shape index (κ2) is 5.96. The minimum atomic E-state index is -1.25. The van der Waals surface area contributed by atoms with E-state index >= 15 is 0 Å². The Morgan fingerprint density at radius 3 is 2.74 bits per heavy atom. The van der Waals surface area contributed by atoms with Gasteiger partial charge in [0.1, 0.15) is 6.20 Å². The summed E-state index contributed by atoms with van der Waals surface area (Å²) >= 11 is 0. The van der Waals surface area contributed by atoms with Crippen LogP contribution in [-0.4, -0.2) is 27.1 Å². The molecule has 0 aliphatic carbocycles. The highest BCUT2D eigenvalue weighted by Crippen LogP contribution is 2.09. The number of carboxylic acid groups (broad SMARTS) is 1. The van der Waals surface area contributed by atoms with Gasteiger partial charge in [-0.2, -0.15) is 0 Å². The first-order chi connectivity index (χ1) is 9.16. The number of nitrogens with zero attached hydrogens (tertiary/aromatic N) is 4. The van der Waals surface area contributed by atoms with Gasteiger partial charge in [0.2, 0.25) is 0 Å². The maximum absolute atomic E-state index is 10.5. The van der Waals surface area contributed by atoms with Crippen LogP contribution in [0.4, 0.5) is 0 Å². The summed E-state index contributed by atoms with van der Waals surface area (Å²) in [6.45, 7) is 0.408. The van der Waals surface area contributed by atoms with Gasteiger partial charge in [0.05, 0.1) is 12.0 Å². The molecule has 2 aromatic rings. The second-order valence-corrected chi connectivity index (χ2v) is 3.97. The van der Waals surface area contributed by atoms with E-state index in [1.807, 2.05) is 6.07 Å². The fourth-order valence-electron chi connectivity index (χ4n) is 1.49. The lowest BCUT2D eigenvalue weighted by Gasteiger charge is -2.08. The molecular weight excluding hydrogens is 246 g/mol. The quantitative estimate of drug-likeness (QED) is 0.641. The molecule has 2 heterocycles. The molecule has 0 unspecified atom stereocenters. The zero-order chi connectivity index (χ0) is 13.7. The molecule has 0 saturated carbocycles. The Balaban J connectivity index is 2.01. The summed E-state index contributed by atoms with van der Waals surface area (Å²) in [6, 6.07) is 2.57. The smallest absolute Gasteiger partial charge is 0.197 e. The topological polar surface area (TPSA) is 109 Å². The minimum absolute atomic E-state index is 0.265. The summed E-state index contributed by atoms with van der Waals surface area (Å²) in [5.74, 6) is -0.663. The lowest BCUT2D eigenvalue weighted by Crippen LogP contribution is -2.46. The molecule has 0 bridgehead atoms. The molecule has 0 amide bonds. The van der Waals surface area contributed by atoms with E-state index in [2.05, 4.69) is 15.1 Å². The molecule has 2 aromatic heterocycles. The second-order valence-electron chi connectivity index (χ2n) is 3.97. The van der Waals surface area contributed by atoms with Gasteiger partial charge in [0.15, 0.2) is 18.6 Å². The molecule has 7 nitrogen and oxygen atoms in total. The summed E-state index contributed by atoms with van der Waals surface area (Å²) in [7, 11) is 0. The molecule has 0 aromatic carbocycles. The Kier molecular flexibility index (Phi) is 4.09. The van der Waals surface area contributed by atoms with Gasteiger partial charge in [-0.05, 0) is 11.2 Å². The SMILES string of the molecule is N[C@@H](CC[n+]1ccc(-c2ncccn2)cn1)C(=O)[O-]. The van der Waals surface area contributed by atoms with Gasteiger partial charge >= 0.3 is 0 Å². The van der Waals surface area contributed by atoms with Crippen molar-refractivity contribution >= 4 is 5.97 Å². The van der Waals surface area contributed by atoms with Gasteiger partial charge in [-0.15, -0.1) is 0 Å². The van der Waals surface area contributed by atoms with E-state index in [1.54, 1.807) is 35.5 Å². The fraction of sp³-hybridized carbons (Fsp3) is 0.250. The number of aryl methyl sites for hydroxylation is 1. The number of carboxylic acids is 1. The molecule has 0 aliphatic rings. The molecule has 0 radical (unpaired) electrons. The Morgan fingerprint density at radius 2 is 2.16 bits per heavy atom. The van der Waals surface area contributed by atoms with E-state index in [0.717, 1.165) is 5.56 Å². The minimum Gasteiger partial charge on any atom is -0.548 e. The van der Waals surface area contributed by atoms with Crippen LogP contribution in [0.3, 0.4) is 0 Å². The predicted molar refractivity (Wildman–Crippen MR) is 63.1 cm³/mol. The lowest BCUT2D eigenvalue weighted by molar-refractivity contribution is -0.754. The first-order valence-electron chi connectivity index (χ1n) is 5.76. The van der Waals surface area contributed by atoms with Crippen molar-refractivity contribution in [3.05, 3.63) is 36.9 Å². The zero-order valence-electron chi connectivity index (χ0n) is 10.1. The highest BCUT2D eigenvalue weighted by atomic mass is 16.4. The zero-order valence-corrected chi connectivity index (χ0v) is 10.1. The van der Waals surface area contributed by atoms with Crippen LogP contribution < -0.4 is 15.5 Å². The molecule has 0 aliphatic heterocycles. The predicted octanol–water partition coefficient (Wildman–Crippen LogP) is -1.71. The average molecular weight is 259 g/mol. The van der Waals surface area contributed by atoms with Crippen LogP contribution in [-0.2, 0) is 11.3 Å². The van der Waals surface area contributed by atoms with Crippen LogP contribution in [0.15, 0.2) is 36.9 Å². The van der Waals surface area contributed by atoms with Crippen molar-refractivity contribution in [3.8, 4) is 11.4 Å². The van der Waals surface area contributed by atoms with E-state index in [0.29, 0.717) is 12.4 Å². The Bertz CT molecular complexity index is 544. The molecule has 0 saturated heterocycles. The molecule has 2 N–H and O–H groups in total. The number of hydrogen-bond donors (Lipinski definition) is 1. The van der Waals surface area contributed by atoms with Crippen molar-refractivity contribution < 1.29 is 14.6 Å². The van der Waals surface area contributed by atoms with Crippen molar-refractivity contribution in [1.29, 1.82) is 0 Å². The van der Waals surface area contributed by atoms with Gasteiger partial charge in [0.25, 0.3) is 0 Å². The first-order valence-corrected chi connectivity index (χ1v) is 5.76. The number of carbonyl (C=O) groups excluding carboxylic acids is 1. The molecule has 0 spiro atoms. The lowest BCUT2D eigenvalue weighted by atomic mass is 10.2. The monoisotopic (exact) mass is 259 g/mol. The summed E-state index contributed by atoms with van der Waals surface area (Å²) in [4.78, 5) is 18.7. The van der Waals surface area contributed by atoms with Crippen molar-refractivity contribution in [2.75, 3.05) is 0 Å². The van der Waals surface area contributed by atoms with Crippen molar-refractivity contribution in [3.63, 3.8) is 0 Å². The van der Waals surface area contributed by atoms with Crippen LogP contribution in [0.1, 0.15) is 6.42 Å². The third-order valence-corrected chi connectivity index (χ3v) is 2.57. The van der Waals surface area contributed by atoms with Crippen LogP contribution in [0.2, 0.25) is 0 Å². The van der Waals surface area contributed by atoms with E-state index < -0.39 is 12.0 Å². The third kappa shape index (κ3) is 3.52. The van der Waals surface area contributed by atoms with E-state index in [-0.39, 0.29) is 6.42 Å². The van der Waals surface area contributed by atoms with Gasteiger partial charge in [0, 0.05) is 30.4 Å². The van der Waals surface area contributed by atoms with Gasteiger partial charge < -0.3 is 15.6 Å². The van der Waals surface area contributed by atoms with Crippen molar-refractivity contribution in [2.45, 2.75) is 19.0 Å². The normalized spacial score (nSPS) is 12.1. The van der Waals surface area contributed by atoms with Crippen LogP contribution >= 0.6 is 0 Å².